The zero-order valence-corrected chi connectivity index (χ0v) is 19.1. The third kappa shape index (κ3) is 4.96. The number of carbonyl (C=O) groups is 1. The third-order valence-corrected chi connectivity index (χ3v) is 5.92. The maximum absolute atomic E-state index is 14.0. The predicted octanol–water partition coefficient (Wildman–Crippen LogP) is 4.63. The molecule has 0 atom stereocenters. The lowest BCUT2D eigenvalue weighted by atomic mass is 9.87. The second-order valence-corrected chi connectivity index (χ2v) is 9.34. The number of nitrogens with zero attached hydrogens (tertiary/aromatic N) is 3. The average Bonchev–Trinajstić information content (AvgIpc) is 3.34. The van der Waals surface area contributed by atoms with Crippen LogP contribution in [0.2, 0.25) is 0 Å². The molecule has 1 N–H and O–H groups in total. The lowest BCUT2D eigenvalue weighted by Crippen LogP contribution is -2.30. The topological polar surface area (TPSA) is 68.5 Å². The number of hydrogen-bond donors (Lipinski definition) is 1. The summed E-state index contributed by atoms with van der Waals surface area (Å²) in [7, 11) is 0. The molecule has 0 fully saturated rings. The number of amides is 1. The van der Waals surface area contributed by atoms with Gasteiger partial charge in [0.25, 0.3) is 5.91 Å². The summed E-state index contributed by atoms with van der Waals surface area (Å²) in [5, 5.41) is 9.24. The lowest BCUT2D eigenvalue weighted by molar-refractivity contribution is -0.123. The van der Waals surface area contributed by atoms with Gasteiger partial charge in [-0.15, -0.1) is 16.4 Å². The number of fused-ring (bicyclic) bond motifs is 1. The van der Waals surface area contributed by atoms with E-state index in [1.807, 2.05) is 29.6 Å². The van der Waals surface area contributed by atoms with Crippen LogP contribution in [-0.4, -0.2) is 33.7 Å². The number of carbonyl (C=O) groups excluding carboxylic acids is 1. The summed E-state index contributed by atoms with van der Waals surface area (Å²) in [4.78, 5) is 17.3. The summed E-state index contributed by atoms with van der Waals surface area (Å²) in [6, 6.07) is 14.2. The van der Waals surface area contributed by atoms with Gasteiger partial charge in [-0.1, -0.05) is 45.0 Å². The van der Waals surface area contributed by atoms with Gasteiger partial charge in [0.2, 0.25) is 4.96 Å². The predicted molar refractivity (Wildman–Crippen MR) is 124 cm³/mol. The van der Waals surface area contributed by atoms with Crippen molar-refractivity contribution in [2.24, 2.45) is 0 Å². The fraction of sp³-hybridized carbons (Fsp3) is 0.292. The van der Waals surface area contributed by atoms with Crippen molar-refractivity contribution in [3.05, 3.63) is 71.0 Å². The van der Waals surface area contributed by atoms with E-state index in [9.17, 15) is 9.18 Å². The van der Waals surface area contributed by atoms with Gasteiger partial charge in [-0.25, -0.2) is 8.91 Å². The van der Waals surface area contributed by atoms with Crippen LogP contribution in [0.3, 0.4) is 0 Å². The number of benzene rings is 2. The molecule has 0 aliphatic carbocycles. The highest BCUT2D eigenvalue weighted by atomic mass is 32.1. The van der Waals surface area contributed by atoms with Crippen molar-refractivity contribution in [3.63, 3.8) is 0 Å². The van der Waals surface area contributed by atoms with Crippen molar-refractivity contribution in [2.45, 2.75) is 32.6 Å². The van der Waals surface area contributed by atoms with Crippen molar-refractivity contribution in [3.8, 4) is 17.1 Å². The van der Waals surface area contributed by atoms with E-state index in [0.717, 1.165) is 5.69 Å². The number of thiazole rings is 1. The highest BCUT2D eigenvalue weighted by Crippen LogP contribution is 2.25. The summed E-state index contributed by atoms with van der Waals surface area (Å²) in [6.07, 6.45) is 0.575. The van der Waals surface area contributed by atoms with Gasteiger partial charge in [0, 0.05) is 18.3 Å². The molecule has 0 aliphatic rings. The van der Waals surface area contributed by atoms with E-state index >= 15 is 0 Å². The van der Waals surface area contributed by atoms with Gasteiger partial charge < -0.3 is 10.1 Å². The summed E-state index contributed by atoms with van der Waals surface area (Å²) >= 11 is 1.43. The maximum Gasteiger partial charge on any atom is 0.257 e. The van der Waals surface area contributed by atoms with Gasteiger partial charge in [0.05, 0.1) is 11.3 Å². The average molecular weight is 453 g/mol. The summed E-state index contributed by atoms with van der Waals surface area (Å²) in [5.41, 5.74) is 2.56. The minimum atomic E-state index is -0.354. The van der Waals surface area contributed by atoms with E-state index in [0.29, 0.717) is 35.1 Å². The normalized spacial score (nSPS) is 11.6. The van der Waals surface area contributed by atoms with Gasteiger partial charge >= 0.3 is 0 Å². The molecule has 0 radical (unpaired) electrons. The molecule has 0 aliphatic heterocycles. The highest BCUT2D eigenvalue weighted by Gasteiger charge is 2.15. The fourth-order valence-electron chi connectivity index (χ4n) is 3.23. The van der Waals surface area contributed by atoms with Gasteiger partial charge in [0.15, 0.2) is 12.4 Å². The van der Waals surface area contributed by atoms with Gasteiger partial charge in [-0.2, -0.15) is 4.98 Å². The summed E-state index contributed by atoms with van der Waals surface area (Å²) < 4.78 is 21.3. The van der Waals surface area contributed by atoms with Gasteiger partial charge in [0.1, 0.15) is 11.6 Å². The van der Waals surface area contributed by atoms with Gasteiger partial charge in [-0.3, -0.25) is 4.79 Å². The van der Waals surface area contributed by atoms with E-state index < -0.39 is 0 Å². The molecular weight excluding hydrogens is 427 g/mol. The molecule has 2 aromatic carbocycles. The van der Waals surface area contributed by atoms with Crippen LogP contribution in [0.15, 0.2) is 53.9 Å². The Bertz CT molecular complexity index is 1230. The van der Waals surface area contributed by atoms with Crippen LogP contribution in [0.25, 0.3) is 16.3 Å². The molecule has 4 rings (SSSR count). The zero-order chi connectivity index (χ0) is 22.7. The minimum Gasteiger partial charge on any atom is -0.484 e. The Balaban J connectivity index is 1.29. The Morgan fingerprint density at radius 1 is 1.16 bits per heavy atom. The molecule has 0 saturated carbocycles. The molecule has 166 valence electrons. The number of aromatic nitrogens is 3. The minimum absolute atomic E-state index is 0.0470. The molecule has 2 aromatic heterocycles. The van der Waals surface area contributed by atoms with E-state index in [1.54, 1.807) is 22.7 Å². The van der Waals surface area contributed by atoms with Crippen LogP contribution in [0.4, 0.5) is 4.39 Å². The molecule has 0 unspecified atom stereocenters. The number of nitrogens with one attached hydrogen (secondary N) is 1. The Morgan fingerprint density at radius 3 is 2.62 bits per heavy atom. The van der Waals surface area contributed by atoms with Gasteiger partial charge in [-0.05, 0) is 35.2 Å². The Morgan fingerprint density at radius 2 is 1.91 bits per heavy atom. The van der Waals surface area contributed by atoms with Crippen molar-refractivity contribution in [2.75, 3.05) is 13.2 Å². The molecule has 1 amide bonds. The zero-order valence-electron chi connectivity index (χ0n) is 18.3. The molecule has 2 heterocycles. The Kier molecular flexibility index (Phi) is 6.23. The van der Waals surface area contributed by atoms with Crippen LogP contribution in [0.1, 0.15) is 32.0 Å². The second kappa shape index (κ2) is 9.08. The first-order valence-corrected chi connectivity index (χ1v) is 11.3. The quantitative estimate of drug-likeness (QED) is 0.444. The molecule has 4 aromatic rings. The van der Waals surface area contributed by atoms with Crippen LogP contribution in [-0.2, 0) is 16.6 Å². The second-order valence-electron chi connectivity index (χ2n) is 8.50. The van der Waals surface area contributed by atoms with E-state index in [-0.39, 0.29) is 23.7 Å². The first-order chi connectivity index (χ1) is 15.3. The standard InChI is InChI=1S/C24H25FN4O2S/c1-24(2,3)16-8-10-18(11-9-16)31-14-21(30)26-13-12-17-15-32-23-27-22(28-29(17)23)19-6-4-5-7-20(19)25/h4-11,15H,12-14H2,1-3H3,(H,26,30). The molecule has 0 spiro atoms. The number of halogens is 1. The molecule has 8 heteroatoms. The first kappa shape index (κ1) is 22.0. The van der Waals surface area contributed by atoms with E-state index in [1.165, 1.54) is 23.0 Å². The van der Waals surface area contributed by atoms with Crippen molar-refractivity contribution >= 4 is 22.2 Å². The fourth-order valence-corrected chi connectivity index (χ4v) is 4.09. The van der Waals surface area contributed by atoms with Crippen molar-refractivity contribution in [1.29, 1.82) is 0 Å². The number of hydrogen-bond acceptors (Lipinski definition) is 5. The monoisotopic (exact) mass is 452 g/mol. The number of rotatable bonds is 7. The molecular formula is C24H25FN4O2S. The molecule has 6 nitrogen and oxygen atoms in total. The maximum atomic E-state index is 14.0. The summed E-state index contributed by atoms with van der Waals surface area (Å²) in [5.74, 6) is 0.469. The summed E-state index contributed by atoms with van der Waals surface area (Å²) in [6.45, 7) is 6.84. The Labute approximate surface area is 190 Å². The molecule has 0 bridgehead atoms. The molecule has 0 saturated heterocycles. The first-order valence-electron chi connectivity index (χ1n) is 10.4. The smallest absolute Gasteiger partial charge is 0.257 e. The number of ether oxygens (including phenoxy) is 1. The van der Waals surface area contributed by atoms with Crippen LogP contribution < -0.4 is 10.1 Å². The van der Waals surface area contributed by atoms with Crippen molar-refractivity contribution in [1.82, 2.24) is 19.9 Å². The van der Waals surface area contributed by atoms with E-state index in [2.05, 4.69) is 36.2 Å². The Hall–Kier alpha value is -3.26. The van der Waals surface area contributed by atoms with E-state index in [4.69, 9.17) is 4.74 Å². The van der Waals surface area contributed by atoms with Crippen LogP contribution in [0.5, 0.6) is 5.75 Å². The SMILES string of the molecule is CC(C)(C)c1ccc(OCC(=O)NCCc2csc3nc(-c4ccccc4F)nn23)cc1. The van der Waals surface area contributed by atoms with Crippen molar-refractivity contribution < 1.29 is 13.9 Å². The lowest BCUT2D eigenvalue weighted by Gasteiger charge is -2.19. The third-order valence-electron chi connectivity index (χ3n) is 5.06. The van der Waals surface area contributed by atoms with Crippen LogP contribution in [0, 0.1) is 5.82 Å². The van der Waals surface area contributed by atoms with Crippen LogP contribution >= 0.6 is 11.3 Å². The largest absolute Gasteiger partial charge is 0.484 e. The highest BCUT2D eigenvalue weighted by molar-refractivity contribution is 7.15. The molecule has 32 heavy (non-hydrogen) atoms.